The first kappa shape index (κ1) is 30.5. The second-order valence-corrected chi connectivity index (χ2v) is 9.84. The van der Waals surface area contributed by atoms with E-state index in [0.717, 1.165) is 11.1 Å². The third-order valence-corrected chi connectivity index (χ3v) is 6.71. The maximum absolute atomic E-state index is 13.6. The van der Waals surface area contributed by atoms with Crippen LogP contribution in [-0.4, -0.2) is 78.5 Å². The summed E-state index contributed by atoms with van der Waals surface area (Å²) >= 11 is 0. The van der Waals surface area contributed by atoms with Crippen molar-refractivity contribution in [3.63, 3.8) is 0 Å². The van der Waals surface area contributed by atoms with Crippen molar-refractivity contribution in [3.05, 3.63) is 54.1 Å². The van der Waals surface area contributed by atoms with E-state index in [2.05, 4.69) is 20.9 Å². The van der Waals surface area contributed by atoms with E-state index in [9.17, 15) is 19.2 Å². The fourth-order valence-electron chi connectivity index (χ4n) is 4.61. The molecule has 3 aromatic rings. The minimum atomic E-state index is -0.450. The van der Waals surface area contributed by atoms with Crippen molar-refractivity contribution >= 4 is 29.3 Å². The monoisotopic (exact) mass is 576 g/mol. The molecular formula is C30H36N6O6. The van der Waals surface area contributed by atoms with Crippen molar-refractivity contribution in [2.24, 2.45) is 0 Å². The Morgan fingerprint density at radius 2 is 1.67 bits per heavy atom. The molecule has 1 aliphatic rings. The summed E-state index contributed by atoms with van der Waals surface area (Å²) in [5, 5.41) is 14.4. The molecule has 2 amide bonds. The lowest BCUT2D eigenvalue weighted by Crippen LogP contribution is -2.34. The quantitative estimate of drug-likeness (QED) is 0.218. The molecule has 1 aromatic heterocycles. The van der Waals surface area contributed by atoms with Crippen molar-refractivity contribution in [1.82, 2.24) is 25.6 Å². The van der Waals surface area contributed by atoms with E-state index in [1.54, 1.807) is 11.9 Å². The van der Waals surface area contributed by atoms with Crippen LogP contribution in [0.25, 0.3) is 22.5 Å². The second kappa shape index (κ2) is 15.0. The number of benzene rings is 2. The number of para-hydroxylation sites is 1. The Kier molecular flexibility index (Phi) is 10.9. The molecule has 0 aliphatic carbocycles. The molecule has 0 atom stereocenters. The Morgan fingerprint density at radius 3 is 2.45 bits per heavy atom. The molecule has 0 fully saturated rings. The number of nitrogens with one attached hydrogen (secondary N) is 2. The molecule has 2 N–H and O–H groups in total. The average molecular weight is 577 g/mol. The minimum Gasteiger partial charge on any atom is -0.463 e. The van der Waals surface area contributed by atoms with Crippen molar-refractivity contribution < 1.29 is 28.7 Å². The SMILES string of the molecule is CNCCOC(=O)Cn1nnc2c1-c1ccccc1N(C(=O)CCC(=O)NCCOCCC(C)=O)Cc1ccccc1-2. The van der Waals surface area contributed by atoms with E-state index in [1.165, 1.54) is 11.6 Å². The number of likely N-dealkylation sites (N-methyl/N-ethyl adjacent to an activating group) is 1. The van der Waals surface area contributed by atoms with Crippen LogP contribution >= 0.6 is 0 Å². The molecule has 42 heavy (non-hydrogen) atoms. The summed E-state index contributed by atoms with van der Waals surface area (Å²) in [5.41, 5.74) is 4.19. The topological polar surface area (TPSA) is 145 Å². The number of hydrogen-bond acceptors (Lipinski definition) is 9. The molecule has 2 aromatic carbocycles. The van der Waals surface area contributed by atoms with Crippen LogP contribution in [0.5, 0.6) is 0 Å². The number of ether oxygens (including phenoxy) is 2. The van der Waals surface area contributed by atoms with Crippen LogP contribution in [0.1, 0.15) is 31.7 Å². The number of fused-ring (bicyclic) bond motifs is 5. The molecule has 12 nitrogen and oxygen atoms in total. The fourth-order valence-corrected chi connectivity index (χ4v) is 4.61. The van der Waals surface area contributed by atoms with E-state index in [0.29, 0.717) is 48.8 Å². The van der Waals surface area contributed by atoms with Gasteiger partial charge in [-0.2, -0.15) is 0 Å². The standard InChI is InChI=1S/C30H36N6O6/c1-21(37)13-16-41-17-15-32-26(38)11-12-27(39)35-19-22-7-3-4-8-23(22)29-30(24-9-5-6-10-25(24)35)36(34-33-29)20-28(40)42-18-14-31-2/h3-10,31H,11-20H2,1-2H3,(H,32,38). The third kappa shape index (κ3) is 7.86. The summed E-state index contributed by atoms with van der Waals surface area (Å²) in [6.07, 6.45) is 0.341. The van der Waals surface area contributed by atoms with E-state index in [-0.39, 0.29) is 56.7 Å². The molecule has 1 aliphatic heterocycles. The van der Waals surface area contributed by atoms with E-state index in [1.807, 2.05) is 48.5 Å². The van der Waals surface area contributed by atoms with Gasteiger partial charge in [-0.1, -0.05) is 47.7 Å². The van der Waals surface area contributed by atoms with Crippen LogP contribution < -0.4 is 15.5 Å². The predicted octanol–water partition coefficient (Wildman–Crippen LogP) is 2.11. The van der Waals surface area contributed by atoms with Gasteiger partial charge in [-0.3, -0.25) is 19.2 Å². The number of hydrogen-bond donors (Lipinski definition) is 2. The van der Waals surface area contributed by atoms with Crippen LogP contribution in [0, 0.1) is 0 Å². The van der Waals surface area contributed by atoms with Crippen LogP contribution in [-0.2, 0) is 41.7 Å². The first-order valence-electron chi connectivity index (χ1n) is 13.9. The largest absolute Gasteiger partial charge is 0.463 e. The number of ketones is 1. The van der Waals surface area contributed by atoms with Crippen molar-refractivity contribution in [2.75, 3.05) is 44.9 Å². The van der Waals surface area contributed by atoms with Crippen LogP contribution in [0.15, 0.2) is 48.5 Å². The summed E-state index contributed by atoms with van der Waals surface area (Å²) < 4.78 is 12.2. The summed E-state index contributed by atoms with van der Waals surface area (Å²) in [6, 6.07) is 15.0. The predicted molar refractivity (Wildman–Crippen MR) is 155 cm³/mol. The molecule has 0 bridgehead atoms. The Balaban J connectivity index is 1.54. The Hall–Kier alpha value is -4.42. The average Bonchev–Trinajstić information content (AvgIpc) is 3.38. The van der Waals surface area contributed by atoms with Crippen LogP contribution in [0.3, 0.4) is 0 Å². The first-order valence-corrected chi connectivity index (χ1v) is 13.9. The number of amides is 2. The van der Waals surface area contributed by atoms with Crippen LogP contribution in [0.2, 0.25) is 0 Å². The maximum atomic E-state index is 13.6. The molecular weight excluding hydrogens is 540 g/mol. The minimum absolute atomic E-state index is 0.00428. The zero-order valence-corrected chi connectivity index (χ0v) is 23.9. The molecule has 0 radical (unpaired) electrons. The zero-order chi connectivity index (χ0) is 29.9. The maximum Gasteiger partial charge on any atom is 0.327 e. The van der Waals surface area contributed by atoms with Gasteiger partial charge >= 0.3 is 5.97 Å². The molecule has 222 valence electrons. The highest BCUT2D eigenvalue weighted by molar-refractivity contribution is 6.01. The van der Waals surface area contributed by atoms with E-state index in [4.69, 9.17) is 9.47 Å². The molecule has 0 saturated heterocycles. The van der Waals surface area contributed by atoms with Gasteiger partial charge in [0.05, 0.1) is 31.1 Å². The van der Waals surface area contributed by atoms with Gasteiger partial charge in [-0.05, 0) is 25.6 Å². The number of rotatable bonds is 14. The molecule has 0 saturated carbocycles. The number of carbonyl (C=O) groups is 4. The Labute approximate surface area is 244 Å². The van der Waals surface area contributed by atoms with Crippen LogP contribution in [0.4, 0.5) is 5.69 Å². The molecule has 4 rings (SSSR count). The number of anilines is 1. The van der Waals surface area contributed by atoms with E-state index < -0.39 is 5.97 Å². The van der Waals surface area contributed by atoms with Gasteiger partial charge in [0.2, 0.25) is 11.8 Å². The molecule has 2 heterocycles. The van der Waals surface area contributed by atoms with Gasteiger partial charge in [-0.15, -0.1) is 5.10 Å². The smallest absolute Gasteiger partial charge is 0.327 e. The third-order valence-electron chi connectivity index (χ3n) is 6.71. The summed E-state index contributed by atoms with van der Waals surface area (Å²) in [4.78, 5) is 51.3. The van der Waals surface area contributed by atoms with Gasteiger partial charge < -0.3 is 25.0 Å². The molecule has 12 heteroatoms. The first-order chi connectivity index (χ1) is 20.4. The second-order valence-electron chi connectivity index (χ2n) is 9.84. The number of esters is 1. The lowest BCUT2D eigenvalue weighted by atomic mass is 9.95. The fraction of sp³-hybridized carbons (Fsp3) is 0.400. The number of carbonyl (C=O) groups excluding carboxylic acids is 4. The van der Waals surface area contributed by atoms with Gasteiger partial charge in [0.25, 0.3) is 0 Å². The molecule has 0 unspecified atom stereocenters. The van der Waals surface area contributed by atoms with Crippen molar-refractivity contribution in [2.45, 2.75) is 39.3 Å². The summed E-state index contributed by atoms with van der Waals surface area (Å²) in [7, 11) is 1.78. The van der Waals surface area contributed by atoms with Gasteiger partial charge in [-0.25, -0.2) is 4.68 Å². The Bertz CT molecular complexity index is 1420. The highest BCUT2D eigenvalue weighted by Crippen LogP contribution is 2.41. The summed E-state index contributed by atoms with van der Waals surface area (Å²) in [6.45, 7) is 3.28. The van der Waals surface area contributed by atoms with Gasteiger partial charge in [0.15, 0.2) is 0 Å². The lowest BCUT2D eigenvalue weighted by molar-refractivity contribution is -0.144. The number of nitrogens with zero attached hydrogens (tertiary/aromatic N) is 4. The number of aromatic nitrogens is 3. The zero-order valence-electron chi connectivity index (χ0n) is 23.9. The van der Waals surface area contributed by atoms with Crippen molar-refractivity contribution in [3.8, 4) is 22.5 Å². The van der Waals surface area contributed by atoms with Gasteiger partial charge in [0, 0.05) is 43.5 Å². The Morgan fingerprint density at radius 1 is 0.905 bits per heavy atom. The lowest BCUT2D eigenvalue weighted by Gasteiger charge is -2.28. The highest BCUT2D eigenvalue weighted by atomic mass is 16.5. The van der Waals surface area contributed by atoms with Crippen molar-refractivity contribution in [1.29, 1.82) is 0 Å². The highest BCUT2D eigenvalue weighted by Gasteiger charge is 2.29. The summed E-state index contributed by atoms with van der Waals surface area (Å²) in [5.74, 6) is -0.890. The number of Topliss-reactive ketones (excluding diaryl/α,β-unsaturated/α-hetero) is 1. The molecule has 0 spiro atoms. The van der Waals surface area contributed by atoms with E-state index >= 15 is 0 Å². The van der Waals surface area contributed by atoms with Gasteiger partial charge in [0.1, 0.15) is 24.6 Å². The normalized spacial score (nSPS) is 11.9.